The van der Waals surface area contributed by atoms with E-state index < -0.39 is 10.8 Å². The highest BCUT2D eigenvalue weighted by Gasteiger charge is 2.17. The minimum Gasteiger partial charge on any atom is -0.366 e. The minimum atomic E-state index is -0.711. The highest BCUT2D eigenvalue weighted by molar-refractivity contribution is 5.94. The van der Waals surface area contributed by atoms with Crippen LogP contribution in [0.4, 0.5) is 17.1 Å². The summed E-state index contributed by atoms with van der Waals surface area (Å²) in [5.74, 6) is -0.711. The van der Waals surface area contributed by atoms with E-state index in [0.717, 1.165) is 6.07 Å². The van der Waals surface area contributed by atoms with Gasteiger partial charge in [0.1, 0.15) is 5.69 Å². The van der Waals surface area contributed by atoms with E-state index in [4.69, 9.17) is 5.73 Å². The van der Waals surface area contributed by atoms with Crippen LogP contribution in [0.25, 0.3) is 0 Å². The molecule has 0 bridgehead atoms. The van der Waals surface area contributed by atoms with Crippen molar-refractivity contribution in [2.75, 3.05) is 5.32 Å². The predicted molar refractivity (Wildman–Crippen MR) is 77.5 cm³/mol. The lowest BCUT2D eigenvalue weighted by Gasteiger charge is -2.06. The number of anilines is 2. The molecule has 0 radical (unpaired) electrons. The normalized spacial score (nSPS) is 10.6. The highest BCUT2D eigenvalue weighted by Crippen LogP contribution is 2.28. The van der Waals surface area contributed by atoms with Gasteiger partial charge in [0.25, 0.3) is 5.69 Å². The van der Waals surface area contributed by atoms with Gasteiger partial charge in [-0.1, -0.05) is 0 Å². The summed E-state index contributed by atoms with van der Waals surface area (Å²) >= 11 is 0. The van der Waals surface area contributed by atoms with Crippen molar-refractivity contribution in [3.8, 4) is 0 Å². The standard InChI is InChI=1S/C13H15N5O3/c1-8(2)17-7-10(6-15-17)16-11-4-3-9(13(14)19)5-12(11)18(20)21/h3-8,16H,1-2H3,(H2,14,19). The summed E-state index contributed by atoms with van der Waals surface area (Å²) in [6.45, 7) is 3.95. The Hall–Kier alpha value is -2.90. The van der Waals surface area contributed by atoms with Crippen molar-refractivity contribution >= 4 is 23.0 Å². The van der Waals surface area contributed by atoms with Gasteiger partial charge in [-0.25, -0.2) is 0 Å². The van der Waals surface area contributed by atoms with Crippen molar-refractivity contribution in [2.24, 2.45) is 5.73 Å². The number of aromatic nitrogens is 2. The first-order valence-electron chi connectivity index (χ1n) is 6.28. The van der Waals surface area contributed by atoms with Gasteiger partial charge in [0.15, 0.2) is 0 Å². The first kappa shape index (κ1) is 14.5. The molecule has 2 aromatic rings. The van der Waals surface area contributed by atoms with Crippen LogP contribution in [0.15, 0.2) is 30.6 Å². The summed E-state index contributed by atoms with van der Waals surface area (Å²) in [5, 5.41) is 18.2. The topological polar surface area (TPSA) is 116 Å². The van der Waals surface area contributed by atoms with Crippen LogP contribution in [0.3, 0.4) is 0 Å². The van der Waals surface area contributed by atoms with Crippen molar-refractivity contribution in [3.05, 3.63) is 46.3 Å². The number of nitro groups is 1. The first-order chi connectivity index (χ1) is 9.88. The molecule has 21 heavy (non-hydrogen) atoms. The third-order valence-electron chi connectivity index (χ3n) is 2.89. The zero-order valence-corrected chi connectivity index (χ0v) is 11.6. The number of hydrogen-bond acceptors (Lipinski definition) is 5. The summed E-state index contributed by atoms with van der Waals surface area (Å²) < 4.78 is 1.73. The number of nitro benzene ring substituents is 1. The molecule has 1 amide bonds. The summed E-state index contributed by atoms with van der Waals surface area (Å²) in [5.41, 5.74) is 5.89. The number of carbonyl (C=O) groups excluding carboxylic acids is 1. The quantitative estimate of drug-likeness (QED) is 0.646. The molecule has 0 spiro atoms. The van der Waals surface area contributed by atoms with Crippen LogP contribution in [0.1, 0.15) is 30.2 Å². The summed E-state index contributed by atoms with van der Waals surface area (Å²) in [4.78, 5) is 21.6. The maximum Gasteiger partial charge on any atom is 0.293 e. The Morgan fingerprint density at radius 2 is 2.19 bits per heavy atom. The van der Waals surface area contributed by atoms with E-state index in [1.165, 1.54) is 12.1 Å². The Bertz CT molecular complexity index is 693. The van der Waals surface area contributed by atoms with Crippen molar-refractivity contribution in [3.63, 3.8) is 0 Å². The average Bonchev–Trinajstić information content (AvgIpc) is 2.87. The molecule has 0 fully saturated rings. The molecule has 0 saturated heterocycles. The fraction of sp³-hybridized carbons (Fsp3) is 0.231. The number of primary amides is 1. The van der Waals surface area contributed by atoms with Crippen LogP contribution in [0.2, 0.25) is 0 Å². The molecule has 0 aliphatic heterocycles. The monoisotopic (exact) mass is 289 g/mol. The minimum absolute atomic E-state index is 0.0881. The third-order valence-corrected chi connectivity index (χ3v) is 2.89. The predicted octanol–water partition coefficient (Wildman–Crippen LogP) is 2.21. The second kappa shape index (κ2) is 5.61. The van der Waals surface area contributed by atoms with Gasteiger partial charge < -0.3 is 11.1 Å². The highest BCUT2D eigenvalue weighted by atomic mass is 16.6. The zero-order chi connectivity index (χ0) is 15.6. The maximum atomic E-state index is 11.1. The van der Waals surface area contributed by atoms with Crippen LogP contribution in [0, 0.1) is 10.1 Å². The lowest BCUT2D eigenvalue weighted by molar-refractivity contribution is -0.383. The summed E-state index contributed by atoms with van der Waals surface area (Å²) in [6, 6.07) is 4.22. The van der Waals surface area contributed by atoms with E-state index in [1.54, 1.807) is 17.1 Å². The van der Waals surface area contributed by atoms with Gasteiger partial charge in [0.2, 0.25) is 5.91 Å². The number of benzene rings is 1. The van der Waals surface area contributed by atoms with Gasteiger partial charge in [-0.3, -0.25) is 19.6 Å². The number of nitrogens with two attached hydrogens (primary N) is 1. The smallest absolute Gasteiger partial charge is 0.293 e. The maximum absolute atomic E-state index is 11.1. The van der Waals surface area contributed by atoms with E-state index in [0.29, 0.717) is 5.69 Å². The Labute approximate surface area is 120 Å². The van der Waals surface area contributed by atoms with Crippen LogP contribution >= 0.6 is 0 Å². The number of rotatable bonds is 5. The lowest BCUT2D eigenvalue weighted by atomic mass is 10.1. The molecule has 0 aliphatic carbocycles. The van der Waals surface area contributed by atoms with Crippen molar-refractivity contribution < 1.29 is 9.72 Å². The second-order valence-electron chi connectivity index (χ2n) is 4.78. The van der Waals surface area contributed by atoms with E-state index in [2.05, 4.69) is 10.4 Å². The Balaban J connectivity index is 2.34. The molecule has 2 rings (SSSR count). The van der Waals surface area contributed by atoms with Gasteiger partial charge in [-0.2, -0.15) is 5.10 Å². The molecule has 0 unspecified atom stereocenters. The van der Waals surface area contributed by atoms with Crippen LogP contribution < -0.4 is 11.1 Å². The summed E-state index contributed by atoms with van der Waals surface area (Å²) in [7, 11) is 0. The Morgan fingerprint density at radius 1 is 1.48 bits per heavy atom. The number of hydrogen-bond donors (Lipinski definition) is 2. The molecule has 0 saturated carbocycles. The molecule has 8 heteroatoms. The number of amides is 1. The Morgan fingerprint density at radius 3 is 2.71 bits per heavy atom. The van der Waals surface area contributed by atoms with Gasteiger partial charge in [-0.05, 0) is 26.0 Å². The molecule has 8 nitrogen and oxygen atoms in total. The summed E-state index contributed by atoms with van der Waals surface area (Å²) in [6.07, 6.45) is 3.32. The molecule has 3 N–H and O–H groups in total. The molecule has 1 aromatic carbocycles. The zero-order valence-electron chi connectivity index (χ0n) is 11.6. The van der Waals surface area contributed by atoms with Crippen LogP contribution in [0.5, 0.6) is 0 Å². The SMILES string of the molecule is CC(C)n1cc(Nc2ccc(C(N)=O)cc2[N+](=O)[O-])cn1. The van der Waals surface area contributed by atoms with Crippen molar-refractivity contribution in [1.29, 1.82) is 0 Å². The van der Waals surface area contributed by atoms with Gasteiger partial charge in [-0.15, -0.1) is 0 Å². The fourth-order valence-electron chi connectivity index (χ4n) is 1.78. The van der Waals surface area contributed by atoms with E-state index in [1.807, 2.05) is 13.8 Å². The number of carbonyl (C=O) groups is 1. The molecule has 1 heterocycles. The van der Waals surface area contributed by atoms with Gasteiger partial charge in [0.05, 0.1) is 16.8 Å². The van der Waals surface area contributed by atoms with E-state index in [-0.39, 0.29) is 23.0 Å². The molecule has 110 valence electrons. The number of nitrogens with one attached hydrogen (secondary N) is 1. The molecule has 0 aliphatic rings. The molecule has 0 atom stereocenters. The van der Waals surface area contributed by atoms with E-state index in [9.17, 15) is 14.9 Å². The average molecular weight is 289 g/mol. The fourth-order valence-corrected chi connectivity index (χ4v) is 1.78. The van der Waals surface area contributed by atoms with E-state index >= 15 is 0 Å². The lowest BCUT2D eigenvalue weighted by Crippen LogP contribution is -2.11. The van der Waals surface area contributed by atoms with Crippen LogP contribution in [-0.2, 0) is 0 Å². The molecular formula is C13H15N5O3. The first-order valence-corrected chi connectivity index (χ1v) is 6.28. The molecular weight excluding hydrogens is 274 g/mol. The largest absolute Gasteiger partial charge is 0.366 e. The van der Waals surface area contributed by atoms with Crippen molar-refractivity contribution in [1.82, 2.24) is 9.78 Å². The number of nitrogens with zero attached hydrogens (tertiary/aromatic N) is 3. The van der Waals surface area contributed by atoms with Crippen molar-refractivity contribution in [2.45, 2.75) is 19.9 Å². The third kappa shape index (κ3) is 3.16. The van der Waals surface area contributed by atoms with Gasteiger partial charge in [0, 0.05) is 23.9 Å². The van der Waals surface area contributed by atoms with Crippen LogP contribution in [-0.4, -0.2) is 20.6 Å². The molecule has 1 aromatic heterocycles. The second-order valence-corrected chi connectivity index (χ2v) is 4.78. The van der Waals surface area contributed by atoms with Gasteiger partial charge >= 0.3 is 0 Å². The Kier molecular flexibility index (Phi) is 3.88.